The summed E-state index contributed by atoms with van der Waals surface area (Å²) in [6.45, 7) is 3.34. The van der Waals surface area contributed by atoms with E-state index in [-0.39, 0.29) is 16.1 Å². The van der Waals surface area contributed by atoms with Crippen molar-refractivity contribution in [2.45, 2.75) is 31.1 Å². The highest BCUT2D eigenvalue weighted by Crippen LogP contribution is 2.29. The van der Waals surface area contributed by atoms with Crippen molar-refractivity contribution in [3.63, 3.8) is 0 Å². The normalized spacial score (nSPS) is 14.9. The second kappa shape index (κ2) is 8.51. The summed E-state index contributed by atoms with van der Waals surface area (Å²) in [5.74, 6) is -1.07. The standard InChI is InChI=1S/C21H26FN3O3S/c1-15-7-9-19(18(22)13-15)23-21(26)17-14-16(29(27,28)24(2)3)8-10-20(17)25-11-5-4-6-12-25/h7-10,13-14H,4-6,11-12H2,1-3H3,(H,23,26). The van der Waals surface area contributed by atoms with Crippen molar-refractivity contribution >= 4 is 27.3 Å². The van der Waals surface area contributed by atoms with E-state index in [4.69, 9.17) is 0 Å². The number of amides is 1. The number of carbonyl (C=O) groups is 1. The Morgan fingerprint density at radius 3 is 2.38 bits per heavy atom. The molecule has 1 aliphatic heterocycles. The van der Waals surface area contributed by atoms with Crippen LogP contribution in [-0.4, -0.2) is 45.8 Å². The summed E-state index contributed by atoms with van der Waals surface area (Å²) >= 11 is 0. The molecule has 0 aliphatic carbocycles. The zero-order valence-electron chi connectivity index (χ0n) is 16.9. The third kappa shape index (κ3) is 4.59. The van der Waals surface area contributed by atoms with Crippen LogP contribution in [0.25, 0.3) is 0 Å². The number of anilines is 2. The highest BCUT2D eigenvalue weighted by atomic mass is 32.2. The Hall–Kier alpha value is -2.45. The van der Waals surface area contributed by atoms with Crippen molar-refractivity contribution in [1.29, 1.82) is 0 Å². The minimum Gasteiger partial charge on any atom is -0.371 e. The average Bonchev–Trinajstić information content (AvgIpc) is 2.70. The van der Waals surface area contributed by atoms with Crippen LogP contribution >= 0.6 is 0 Å². The third-order valence-corrected chi connectivity index (χ3v) is 6.87. The summed E-state index contributed by atoms with van der Waals surface area (Å²) in [6, 6.07) is 9.11. The van der Waals surface area contributed by atoms with Gasteiger partial charge in [-0.15, -0.1) is 0 Å². The minimum atomic E-state index is -3.71. The first-order valence-corrected chi connectivity index (χ1v) is 11.0. The van der Waals surface area contributed by atoms with Gasteiger partial charge in [-0.25, -0.2) is 17.1 Å². The molecule has 1 heterocycles. The maximum Gasteiger partial charge on any atom is 0.257 e. The predicted octanol–water partition coefficient (Wildman–Crippen LogP) is 3.63. The molecule has 0 atom stereocenters. The molecule has 0 spiro atoms. The molecule has 1 fully saturated rings. The van der Waals surface area contributed by atoms with Crippen LogP contribution in [0.1, 0.15) is 35.2 Å². The average molecular weight is 420 g/mol. The summed E-state index contributed by atoms with van der Waals surface area (Å²) in [4.78, 5) is 15.2. The zero-order chi connectivity index (χ0) is 21.2. The Kier molecular flexibility index (Phi) is 6.24. The van der Waals surface area contributed by atoms with Gasteiger partial charge in [0.25, 0.3) is 5.91 Å². The van der Waals surface area contributed by atoms with Gasteiger partial charge in [-0.1, -0.05) is 6.07 Å². The van der Waals surface area contributed by atoms with Gasteiger partial charge in [-0.2, -0.15) is 0 Å². The Balaban J connectivity index is 2.03. The molecule has 0 bridgehead atoms. The SMILES string of the molecule is Cc1ccc(NC(=O)c2cc(S(=O)(=O)N(C)C)ccc2N2CCCCC2)c(F)c1. The van der Waals surface area contributed by atoms with Gasteiger partial charge in [0.05, 0.1) is 16.1 Å². The second-order valence-electron chi connectivity index (χ2n) is 7.45. The quantitative estimate of drug-likeness (QED) is 0.804. The number of sulfonamides is 1. The lowest BCUT2D eigenvalue weighted by Gasteiger charge is -2.30. The number of hydrogen-bond donors (Lipinski definition) is 1. The maximum atomic E-state index is 14.2. The van der Waals surface area contributed by atoms with Crippen molar-refractivity contribution in [3.8, 4) is 0 Å². The summed E-state index contributed by atoms with van der Waals surface area (Å²) < 4.78 is 40.5. The topological polar surface area (TPSA) is 69.7 Å². The Morgan fingerprint density at radius 2 is 1.76 bits per heavy atom. The smallest absolute Gasteiger partial charge is 0.257 e. The number of rotatable bonds is 5. The van der Waals surface area contributed by atoms with Crippen LogP contribution in [0, 0.1) is 12.7 Å². The van der Waals surface area contributed by atoms with Gasteiger partial charge in [0.2, 0.25) is 10.0 Å². The molecule has 1 saturated heterocycles. The molecule has 2 aromatic rings. The van der Waals surface area contributed by atoms with Gasteiger partial charge in [0.15, 0.2) is 0 Å². The molecule has 6 nitrogen and oxygen atoms in total. The predicted molar refractivity (Wildman–Crippen MR) is 112 cm³/mol. The summed E-state index contributed by atoms with van der Waals surface area (Å²) in [7, 11) is -0.827. The first-order chi connectivity index (χ1) is 13.7. The number of piperidine rings is 1. The summed E-state index contributed by atoms with van der Waals surface area (Å²) in [5.41, 5.74) is 1.68. The van der Waals surface area contributed by atoms with E-state index in [1.807, 2.05) is 0 Å². The van der Waals surface area contributed by atoms with Crippen LogP contribution in [0.15, 0.2) is 41.3 Å². The van der Waals surface area contributed by atoms with Crippen LogP contribution in [0.3, 0.4) is 0 Å². The lowest BCUT2D eigenvalue weighted by molar-refractivity contribution is 0.102. The highest BCUT2D eigenvalue weighted by Gasteiger charge is 2.24. The molecule has 0 radical (unpaired) electrons. The molecule has 2 aromatic carbocycles. The molecule has 1 N–H and O–H groups in total. The Morgan fingerprint density at radius 1 is 1.07 bits per heavy atom. The second-order valence-corrected chi connectivity index (χ2v) is 9.60. The van der Waals surface area contributed by atoms with Crippen LogP contribution < -0.4 is 10.2 Å². The largest absolute Gasteiger partial charge is 0.371 e. The van der Waals surface area contributed by atoms with Crippen molar-refractivity contribution in [2.75, 3.05) is 37.4 Å². The highest BCUT2D eigenvalue weighted by molar-refractivity contribution is 7.89. The molecule has 156 valence electrons. The van der Waals surface area contributed by atoms with Gasteiger partial charge in [0.1, 0.15) is 5.82 Å². The molecule has 1 aliphatic rings. The van der Waals surface area contributed by atoms with Crippen LogP contribution in [-0.2, 0) is 10.0 Å². The number of nitrogens with zero attached hydrogens (tertiary/aromatic N) is 2. The molecular formula is C21H26FN3O3S. The van der Waals surface area contributed by atoms with E-state index in [9.17, 15) is 17.6 Å². The number of nitrogens with one attached hydrogen (secondary N) is 1. The van der Waals surface area contributed by atoms with E-state index in [2.05, 4.69) is 10.2 Å². The van der Waals surface area contributed by atoms with E-state index >= 15 is 0 Å². The Labute approximate surface area is 171 Å². The molecule has 0 unspecified atom stereocenters. The van der Waals surface area contributed by atoms with Crippen molar-refractivity contribution < 1.29 is 17.6 Å². The molecule has 29 heavy (non-hydrogen) atoms. The van der Waals surface area contributed by atoms with Crippen molar-refractivity contribution in [2.24, 2.45) is 0 Å². The number of halogens is 1. The molecule has 8 heteroatoms. The van der Waals surface area contributed by atoms with Gasteiger partial charge in [0, 0.05) is 32.9 Å². The van der Waals surface area contributed by atoms with Crippen LogP contribution in [0.2, 0.25) is 0 Å². The monoisotopic (exact) mass is 419 g/mol. The van der Waals surface area contributed by atoms with E-state index in [0.29, 0.717) is 5.69 Å². The van der Waals surface area contributed by atoms with Crippen molar-refractivity contribution in [1.82, 2.24) is 4.31 Å². The Bertz CT molecular complexity index is 1020. The zero-order valence-corrected chi connectivity index (χ0v) is 17.7. The summed E-state index contributed by atoms with van der Waals surface area (Å²) in [6.07, 6.45) is 3.14. The fourth-order valence-electron chi connectivity index (χ4n) is 3.39. The number of aryl methyl sites for hydroxylation is 1. The van der Waals surface area contributed by atoms with Crippen LogP contribution in [0.4, 0.5) is 15.8 Å². The summed E-state index contributed by atoms with van der Waals surface area (Å²) in [5, 5.41) is 2.59. The van der Waals surface area contributed by atoms with Gasteiger partial charge >= 0.3 is 0 Å². The fourth-order valence-corrected chi connectivity index (χ4v) is 4.32. The molecule has 0 saturated carbocycles. The molecule has 3 rings (SSSR count). The molecule has 0 aromatic heterocycles. The van der Waals surface area contributed by atoms with E-state index in [0.717, 1.165) is 42.2 Å². The number of hydrogen-bond acceptors (Lipinski definition) is 4. The lowest BCUT2D eigenvalue weighted by atomic mass is 10.1. The first-order valence-electron chi connectivity index (χ1n) is 9.59. The third-order valence-electron chi connectivity index (χ3n) is 5.06. The lowest BCUT2D eigenvalue weighted by Crippen LogP contribution is -2.32. The van der Waals surface area contributed by atoms with E-state index in [1.165, 1.54) is 38.4 Å². The van der Waals surface area contributed by atoms with Crippen LogP contribution in [0.5, 0.6) is 0 Å². The van der Waals surface area contributed by atoms with Gasteiger partial charge in [-0.3, -0.25) is 4.79 Å². The van der Waals surface area contributed by atoms with E-state index in [1.54, 1.807) is 19.1 Å². The number of carbonyl (C=O) groups excluding carboxylic acids is 1. The van der Waals surface area contributed by atoms with E-state index < -0.39 is 21.7 Å². The van der Waals surface area contributed by atoms with Gasteiger partial charge < -0.3 is 10.2 Å². The van der Waals surface area contributed by atoms with Gasteiger partial charge in [-0.05, 0) is 62.1 Å². The maximum absolute atomic E-state index is 14.2. The first kappa shape index (κ1) is 21.3. The van der Waals surface area contributed by atoms with Crippen molar-refractivity contribution in [3.05, 3.63) is 53.3 Å². The molecular weight excluding hydrogens is 393 g/mol. The molecule has 1 amide bonds. The minimum absolute atomic E-state index is 0.0257. The number of benzene rings is 2. The fraction of sp³-hybridized carbons (Fsp3) is 0.381.